The van der Waals surface area contributed by atoms with Crippen molar-refractivity contribution in [2.75, 3.05) is 18.8 Å². The van der Waals surface area contributed by atoms with Gasteiger partial charge < -0.3 is 27.0 Å². The van der Waals surface area contributed by atoms with Gasteiger partial charge in [-0.3, -0.25) is 19.2 Å². The van der Waals surface area contributed by atoms with E-state index in [1.165, 1.54) is 0 Å². The smallest absolute Gasteiger partial charge is 0.398 e. The summed E-state index contributed by atoms with van der Waals surface area (Å²) in [5.41, 5.74) is 6.13. The molecule has 1 aliphatic carbocycles. The van der Waals surface area contributed by atoms with Crippen molar-refractivity contribution >= 4 is 29.2 Å². The largest absolute Gasteiger partial charge is 0.416 e. The normalized spacial score (nSPS) is 14.8. The zero-order chi connectivity index (χ0) is 33.5. The lowest BCUT2D eigenvalue weighted by Gasteiger charge is -2.26. The number of hydrogen-bond acceptors (Lipinski definition) is 6. The fourth-order valence-corrected chi connectivity index (χ4v) is 5.41. The van der Waals surface area contributed by atoms with E-state index in [2.05, 4.69) is 21.3 Å². The first-order valence-electron chi connectivity index (χ1n) is 15.2. The quantitative estimate of drug-likeness (QED) is 0.182. The van der Waals surface area contributed by atoms with Crippen LogP contribution < -0.4 is 27.0 Å². The van der Waals surface area contributed by atoms with Gasteiger partial charge in [-0.1, -0.05) is 43.0 Å². The number of halogens is 3. The molecule has 0 aromatic heterocycles. The number of carbonyl (C=O) groups is 4. The first-order chi connectivity index (χ1) is 21.0. The first kappa shape index (κ1) is 35.5. The molecular formula is C33H44F3N5O4. The number of aryl methyl sites for hydroxylation is 2. The van der Waals surface area contributed by atoms with Gasteiger partial charge in [0.1, 0.15) is 6.04 Å². The minimum atomic E-state index is -4.81. The average Bonchev–Trinajstić information content (AvgIpc) is 2.94. The maximum Gasteiger partial charge on any atom is 0.416 e. The number of alkyl halides is 3. The second kappa shape index (κ2) is 14.9. The van der Waals surface area contributed by atoms with Gasteiger partial charge in [0.25, 0.3) is 5.91 Å². The molecule has 0 radical (unpaired) electrons. The van der Waals surface area contributed by atoms with Gasteiger partial charge in [0.05, 0.1) is 23.2 Å². The molecule has 0 spiro atoms. The molecule has 1 aliphatic rings. The predicted octanol–water partition coefficient (Wildman–Crippen LogP) is 4.59. The van der Waals surface area contributed by atoms with Crippen LogP contribution in [0.1, 0.15) is 95.8 Å². The number of rotatable bonds is 11. The summed E-state index contributed by atoms with van der Waals surface area (Å²) in [6.45, 7) is 9.20. The molecule has 0 bridgehead atoms. The minimum absolute atomic E-state index is 0.0686. The molecule has 0 aliphatic heterocycles. The fraction of sp³-hybridized carbons (Fsp3) is 0.515. The molecular weight excluding hydrogens is 587 g/mol. The lowest BCUT2D eigenvalue weighted by molar-refractivity contribution is -0.137. The Morgan fingerprint density at radius 2 is 1.64 bits per heavy atom. The van der Waals surface area contributed by atoms with E-state index < -0.39 is 70.5 Å². The van der Waals surface area contributed by atoms with Crippen LogP contribution in [0.3, 0.4) is 0 Å². The van der Waals surface area contributed by atoms with Crippen LogP contribution >= 0.6 is 0 Å². The lowest BCUT2D eigenvalue weighted by Crippen LogP contribution is -2.56. The number of nitrogens with one attached hydrogen (secondary N) is 4. The fourth-order valence-electron chi connectivity index (χ4n) is 5.41. The van der Waals surface area contributed by atoms with Crippen LogP contribution in [-0.4, -0.2) is 48.2 Å². The van der Waals surface area contributed by atoms with E-state index >= 15 is 0 Å². The zero-order valence-corrected chi connectivity index (χ0v) is 26.5. The van der Waals surface area contributed by atoms with Crippen LogP contribution in [-0.2, 0) is 22.3 Å². The van der Waals surface area contributed by atoms with Crippen LogP contribution in [0, 0.1) is 19.8 Å². The predicted molar refractivity (Wildman–Crippen MR) is 167 cm³/mol. The molecule has 1 unspecified atom stereocenters. The highest BCUT2D eigenvalue weighted by Gasteiger charge is 2.35. The summed E-state index contributed by atoms with van der Waals surface area (Å²) >= 11 is 0. The van der Waals surface area contributed by atoms with Gasteiger partial charge in [0.15, 0.2) is 5.78 Å². The number of Topliss-reactive ketones (excluding diaryl/α,β-unsaturated/α-hetero) is 1. The van der Waals surface area contributed by atoms with Gasteiger partial charge in [-0.2, -0.15) is 13.2 Å². The van der Waals surface area contributed by atoms with Crippen LogP contribution in [0.15, 0.2) is 30.3 Å². The number of ketones is 1. The SMILES string of the molecule is Cc1ccc(CNCC(NC(=O)CNC(=O)c2cc(C(F)(F)F)cc(N)c2C(=O)C2CCCCC2)C(=O)NC(C)(C)C)c(C)c1. The summed E-state index contributed by atoms with van der Waals surface area (Å²) in [4.78, 5) is 52.5. The second-order valence-corrected chi connectivity index (χ2v) is 12.8. The molecule has 3 rings (SSSR count). The van der Waals surface area contributed by atoms with Gasteiger partial charge >= 0.3 is 6.18 Å². The number of benzene rings is 2. The third-order valence-electron chi connectivity index (χ3n) is 7.68. The van der Waals surface area contributed by atoms with Crippen molar-refractivity contribution in [1.82, 2.24) is 21.3 Å². The van der Waals surface area contributed by atoms with Crippen LogP contribution in [0.2, 0.25) is 0 Å². The van der Waals surface area contributed by atoms with Crippen molar-refractivity contribution in [3.63, 3.8) is 0 Å². The van der Waals surface area contributed by atoms with Crippen molar-refractivity contribution in [3.8, 4) is 0 Å². The number of amides is 3. The van der Waals surface area contributed by atoms with E-state index in [0.717, 1.165) is 36.0 Å². The number of carbonyl (C=O) groups excluding carboxylic acids is 4. The molecule has 1 atom stereocenters. The highest BCUT2D eigenvalue weighted by molar-refractivity contribution is 6.12. The number of anilines is 1. The molecule has 45 heavy (non-hydrogen) atoms. The van der Waals surface area contributed by atoms with E-state index in [1.54, 1.807) is 20.8 Å². The number of hydrogen-bond donors (Lipinski definition) is 5. The molecule has 246 valence electrons. The van der Waals surface area contributed by atoms with Crippen molar-refractivity contribution in [2.45, 2.75) is 91.0 Å². The molecule has 3 amide bonds. The van der Waals surface area contributed by atoms with E-state index in [9.17, 15) is 32.3 Å². The molecule has 12 heteroatoms. The second-order valence-electron chi connectivity index (χ2n) is 12.8. The Bertz CT molecular complexity index is 1410. The lowest BCUT2D eigenvalue weighted by atomic mass is 9.82. The number of nitrogen functional groups attached to an aromatic ring is 1. The van der Waals surface area contributed by atoms with Gasteiger partial charge in [0.2, 0.25) is 11.8 Å². The number of nitrogens with two attached hydrogens (primary N) is 1. The Balaban J connectivity index is 1.75. The molecule has 9 nitrogen and oxygen atoms in total. The standard InChI is InChI=1S/C33H44F3N5O4/c1-19-11-12-22(20(2)13-19)16-38-17-26(31(45)41-32(3,4)5)40-27(42)18-39-30(44)24-14-23(33(34,35)36)15-25(37)28(24)29(43)21-9-7-6-8-10-21/h11-15,21,26,38H,6-10,16-18,37H2,1-5H3,(H,39,44)(H,40,42)(H,41,45). The molecule has 2 aromatic carbocycles. The van der Waals surface area contributed by atoms with E-state index in [-0.39, 0.29) is 12.1 Å². The Kier molecular flexibility index (Phi) is 11.8. The van der Waals surface area contributed by atoms with Crippen molar-refractivity contribution < 1.29 is 32.3 Å². The topological polar surface area (TPSA) is 142 Å². The van der Waals surface area contributed by atoms with Crippen LogP contribution in [0.5, 0.6) is 0 Å². The summed E-state index contributed by atoms with van der Waals surface area (Å²) in [5.74, 6) is -3.19. The highest BCUT2D eigenvalue weighted by atomic mass is 19.4. The van der Waals surface area contributed by atoms with Crippen molar-refractivity contribution in [2.24, 2.45) is 5.92 Å². The summed E-state index contributed by atoms with van der Waals surface area (Å²) < 4.78 is 40.9. The molecule has 0 heterocycles. The van der Waals surface area contributed by atoms with E-state index in [0.29, 0.717) is 31.5 Å². The molecule has 2 aromatic rings. The first-order valence-corrected chi connectivity index (χ1v) is 15.2. The Labute approximate surface area is 262 Å². The van der Waals surface area contributed by atoms with Crippen LogP contribution in [0.25, 0.3) is 0 Å². The summed E-state index contributed by atoms with van der Waals surface area (Å²) in [6.07, 6.45) is -1.17. The van der Waals surface area contributed by atoms with E-state index in [1.807, 2.05) is 32.0 Å². The third-order valence-corrected chi connectivity index (χ3v) is 7.68. The monoisotopic (exact) mass is 631 g/mol. The molecule has 1 fully saturated rings. The maximum atomic E-state index is 13.6. The molecule has 0 saturated heterocycles. The Hall–Kier alpha value is -3.93. The zero-order valence-electron chi connectivity index (χ0n) is 26.5. The summed E-state index contributed by atoms with van der Waals surface area (Å²) in [6, 6.07) is 6.22. The Morgan fingerprint density at radius 3 is 2.24 bits per heavy atom. The van der Waals surface area contributed by atoms with Gasteiger partial charge in [-0.05, 0) is 70.7 Å². The van der Waals surface area contributed by atoms with E-state index in [4.69, 9.17) is 5.73 Å². The molecule has 1 saturated carbocycles. The van der Waals surface area contributed by atoms with Crippen molar-refractivity contribution in [1.29, 1.82) is 0 Å². The summed E-state index contributed by atoms with van der Waals surface area (Å²) in [7, 11) is 0. The highest BCUT2D eigenvalue weighted by Crippen LogP contribution is 2.36. The van der Waals surface area contributed by atoms with Crippen LogP contribution in [0.4, 0.5) is 18.9 Å². The summed E-state index contributed by atoms with van der Waals surface area (Å²) in [5, 5.41) is 10.9. The third kappa shape index (κ3) is 10.3. The van der Waals surface area contributed by atoms with Gasteiger partial charge in [-0.25, -0.2) is 0 Å². The maximum absolute atomic E-state index is 13.6. The van der Waals surface area contributed by atoms with Gasteiger partial charge in [-0.15, -0.1) is 0 Å². The van der Waals surface area contributed by atoms with Crippen molar-refractivity contribution in [3.05, 3.63) is 63.7 Å². The molecule has 6 N–H and O–H groups in total. The Morgan fingerprint density at radius 1 is 0.978 bits per heavy atom. The minimum Gasteiger partial charge on any atom is -0.398 e. The van der Waals surface area contributed by atoms with Gasteiger partial charge in [0, 0.05) is 30.2 Å². The average molecular weight is 632 g/mol.